The average molecular weight is 381 g/mol. The van der Waals surface area contributed by atoms with E-state index in [4.69, 9.17) is 9.47 Å². The summed E-state index contributed by atoms with van der Waals surface area (Å²) >= 11 is 3.40. The van der Waals surface area contributed by atoms with Gasteiger partial charge in [-0.2, -0.15) is 5.10 Å². The zero-order valence-electron chi connectivity index (χ0n) is 12.3. The molecule has 0 radical (unpaired) electrons. The molecule has 120 valence electrons. The topological polar surface area (TPSA) is 98.9 Å². The molecule has 0 aliphatic heterocycles. The van der Waals surface area contributed by atoms with E-state index in [1.54, 1.807) is 19.2 Å². The molecule has 0 amide bonds. The lowest BCUT2D eigenvalue weighted by Gasteiger charge is -2.09. The Hall–Kier alpha value is -2.68. The van der Waals surface area contributed by atoms with Gasteiger partial charge in [0.25, 0.3) is 0 Å². The number of halogens is 1. The fourth-order valence-electron chi connectivity index (χ4n) is 1.76. The lowest BCUT2D eigenvalue weighted by atomic mass is 10.2. The van der Waals surface area contributed by atoms with Crippen LogP contribution in [0.1, 0.15) is 5.56 Å². The minimum Gasteiger partial charge on any atom is -0.493 e. The van der Waals surface area contributed by atoms with Crippen molar-refractivity contribution in [2.75, 3.05) is 19.6 Å². The number of pyridine rings is 1. The second kappa shape index (κ2) is 7.54. The Bertz CT molecular complexity index is 752. The van der Waals surface area contributed by atoms with Gasteiger partial charge in [0.2, 0.25) is 5.82 Å². The molecule has 0 fully saturated rings. The van der Waals surface area contributed by atoms with Gasteiger partial charge in [0, 0.05) is 22.3 Å². The van der Waals surface area contributed by atoms with Crippen LogP contribution in [0.25, 0.3) is 0 Å². The molecule has 0 saturated carbocycles. The molecule has 0 aliphatic rings. The highest BCUT2D eigenvalue weighted by Gasteiger charge is 2.13. The first-order chi connectivity index (χ1) is 11.1. The highest BCUT2D eigenvalue weighted by Crippen LogP contribution is 2.32. The Labute approximate surface area is 140 Å². The maximum Gasteiger partial charge on any atom is 0.313 e. The number of ether oxygens (including phenoxy) is 2. The molecule has 1 heterocycles. The van der Waals surface area contributed by atoms with Crippen LogP contribution in [0, 0.1) is 10.1 Å². The van der Waals surface area contributed by atoms with E-state index in [1.165, 1.54) is 31.7 Å². The number of rotatable bonds is 6. The smallest absolute Gasteiger partial charge is 0.313 e. The van der Waals surface area contributed by atoms with Crippen molar-refractivity contribution in [1.29, 1.82) is 0 Å². The summed E-state index contributed by atoms with van der Waals surface area (Å²) in [5, 5.41) is 14.9. The second-order valence-corrected chi connectivity index (χ2v) is 5.08. The first-order valence-electron chi connectivity index (χ1n) is 6.36. The zero-order chi connectivity index (χ0) is 16.8. The van der Waals surface area contributed by atoms with E-state index in [2.05, 4.69) is 31.4 Å². The summed E-state index contributed by atoms with van der Waals surface area (Å²) < 4.78 is 11.1. The molecular weight excluding hydrogens is 368 g/mol. The molecule has 0 unspecified atom stereocenters. The van der Waals surface area contributed by atoms with Gasteiger partial charge in [-0.3, -0.25) is 15.5 Å². The van der Waals surface area contributed by atoms with Crippen LogP contribution in [0.15, 0.2) is 40.0 Å². The average Bonchev–Trinajstić information content (AvgIpc) is 2.56. The van der Waals surface area contributed by atoms with Crippen molar-refractivity contribution in [1.82, 2.24) is 4.98 Å². The molecule has 0 aliphatic carbocycles. The Morgan fingerprint density at radius 3 is 2.70 bits per heavy atom. The van der Waals surface area contributed by atoms with Crippen LogP contribution >= 0.6 is 15.9 Å². The Balaban J connectivity index is 2.23. The van der Waals surface area contributed by atoms with Gasteiger partial charge < -0.3 is 9.47 Å². The standard InChI is InChI=1S/C14H13BrN4O4/c1-22-12-6-9(10(15)7-13(12)23-2)8-17-18-14-11(19(20)21)4-3-5-16-14/h3-8H,1-2H3,(H,16,18)/b17-8-. The van der Waals surface area contributed by atoms with Gasteiger partial charge in [0.05, 0.1) is 25.4 Å². The molecule has 8 nitrogen and oxygen atoms in total. The molecular formula is C14H13BrN4O4. The summed E-state index contributed by atoms with van der Waals surface area (Å²) in [6.07, 6.45) is 2.93. The van der Waals surface area contributed by atoms with Gasteiger partial charge in [-0.1, -0.05) is 0 Å². The summed E-state index contributed by atoms with van der Waals surface area (Å²) in [7, 11) is 3.07. The monoisotopic (exact) mass is 380 g/mol. The van der Waals surface area contributed by atoms with E-state index in [0.717, 1.165) is 4.47 Å². The maximum absolute atomic E-state index is 10.9. The van der Waals surface area contributed by atoms with E-state index < -0.39 is 4.92 Å². The number of hydrogen-bond acceptors (Lipinski definition) is 7. The maximum atomic E-state index is 10.9. The first-order valence-corrected chi connectivity index (χ1v) is 7.16. The zero-order valence-corrected chi connectivity index (χ0v) is 13.9. The van der Waals surface area contributed by atoms with Crippen molar-refractivity contribution in [2.45, 2.75) is 0 Å². The molecule has 2 rings (SSSR count). The van der Waals surface area contributed by atoms with Crippen LogP contribution in [-0.4, -0.2) is 30.3 Å². The van der Waals surface area contributed by atoms with E-state index in [0.29, 0.717) is 17.1 Å². The van der Waals surface area contributed by atoms with Gasteiger partial charge >= 0.3 is 5.69 Å². The largest absolute Gasteiger partial charge is 0.493 e. The van der Waals surface area contributed by atoms with E-state index in [9.17, 15) is 10.1 Å². The first kappa shape index (κ1) is 16.7. The molecule has 0 spiro atoms. The number of nitrogens with one attached hydrogen (secondary N) is 1. The summed E-state index contributed by atoms with van der Waals surface area (Å²) in [4.78, 5) is 14.3. The summed E-state index contributed by atoms with van der Waals surface area (Å²) in [6, 6.07) is 6.29. The second-order valence-electron chi connectivity index (χ2n) is 4.23. The van der Waals surface area contributed by atoms with Crippen LogP contribution < -0.4 is 14.9 Å². The SMILES string of the molecule is COc1cc(Br)c(/C=N\Nc2ncccc2[N+](=O)[O-])cc1OC. The highest BCUT2D eigenvalue weighted by molar-refractivity contribution is 9.10. The van der Waals surface area contributed by atoms with E-state index in [1.807, 2.05) is 0 Å². The number of nitrogens with zero attached hydrogens (tertiary/aromatic N) is 3. The minimum absolute atomic E-state index is 0.0605. The lowest BCUT2D eigenvalue weighted by molar-refractivity contribution is -0.384. The Morgan fingerprint density at radius 2 is 2.04 bits per heavy atom. The van der Waals surface area contributed by atoms with Crippen molar-refractivity contribution >= 4 is 33.6 Å². The van der Waals surface area contributed by atoms with Gasteiger partial charge in [-0.15, -0.1) is 0 Å². The molecule has 9 heteroatoms. The molecule has 2 aromatic rings. The number of nitro groups is 1. The summed E-state index contributed by atoms with van der Waals surface area (Å²) in [5.74, 6) is 1.18. The third-order valence-corrected chi connectivity index (χ3v) is 3.55. The molecule has 23 heavy (non-hydrogen) atoms. The lowest BCUT2D eigenvalue weighted by Crippen LogP contribution is -1.99. The number of benzene rings is 1. The van der Waals surface area contributed by atoms with E-state index >= 15 is 0 Å². The molecule has 0 bridgehead atoms. The predicted molar refractivity (Wildman–Crippen MR) is 89.4 cm³/mol. The van der Waals surface area contributed by atoms with Gasteiger partial charge in [0.1, 0.15) is 0 Å². The van der Waals surface area contributed by atoms with Crippen LogP contribution in [0.2, 0.25) is 0 Å². The van der Waals surface area contributed by atoms with Crippen molar-refractivity contribution < 1.29 is 14.4 Å². The van der Waals surface area contributed by atoms with Crippen molar-refractivity contribution in [3.63, 3.8) is 0 Å². The van der Waals surface area contributed by atoms with Crippen LogP contribution in [0.4, 0.5) is 11.5 Å². The predicted octanol–water partition coefficient (Wildman–Crippen LogP) is 3.22. The van der Waals surface area contributed by atoms with Crippen molar-refractivity contribution in [2.24, 2.45) is 5.10 Å². The third-order valence-electron chi connectivity index (χ3n) is 2.86. The molecule has 0 atom stereocenters. The number of hydrogen-bond donors (Lipinski definition) is 1. The molecule has 0 saturated heterocycles. The van der Waals surface area contributed by atoms with Crippen LogP contribution in [-0.2, 0) is 0 Å². The van der Waals surface area contributed by atoms with Gasteiger partial charge in [-0.05, 0) is 34.1 Å². The quantitative estimate of drug-likeness (QED) is 0.469. The Morgan fingerprint density at radius 1 is 1.35 bits per heavy atom. The highest BCUT2D eigenvalue weighted by atomic mass is 79.9. The summed E-state index contributed by atoms with van der Waals surface area (Å²) in [6.45, 7) is 0. The Kier molecular flexibility index (Phi) is 5.47. The van der Waals surface area contributed by atoms with E-state index in [-0.39, 0.29) is 11.5 Å². The van der Waals surface area contributed by atoms with Gasteiger partial charge in [0.15, 0.2) is 11.5 Å². The van der Waals surface area contributed by atoms with Gasteiger partial charge in [-0.25, -0.2) is 4.98 Å². The summed E-state index contributed by atoms with van der Waals surface area (Å²) in [5.41, 5.74) is 3.11. The number of anilines is 1. The van der Waals surface area contributed by atoms with Crippen molar-refractivity contribution in [3.05, 3.63) is 50.6 Å². The molecule has 1 aromatic carbocycles. The molecule has 1 N–H and O–H groups in total. The fraction of sp³-hybridized carbons (Fsp3) is 0.143. The number of aromatic nitrogens is 1. The molecule has 1 aromatic heterocycles. The fourth-order valence-corrected chi connectivity index (χ4v) is 2.19. The normalized spacial score (nSPS) is 10.6. The van der Waals surface area contributed by atoms with Crippen molar-refractivity contribution in [3.8, 4) is 11.5 Å². The third kappa shape index (κ3) is 3.95. The van der Waals surface area contributed by atoms with Crippen LogP contribution in [0.3, 0.4) is 0 Å². The number of hydrazone groups is 1. The number of methoxy groups -OCH3 is 2. The minimum atomic E-state index is -0.531. The van der Waals surface area contributed by atoms with Crippen LogP contribution in [0.5, 0.6) is 11.5 Å².